The minimum Gasteiger partial charge on any atom is -0.454 e. The van der Waals surface area contributed by atoms with Gasteiger partial charge < -0.3 is 8.83 Å². The maximum atomic E-state index is 10.5. The summed E-state index contributed by atoms with van der Waals surface area (Å²) in [5.41, 5.74) is 11.2. The van der Waals surface area contributed by atoms with Crippen LogP contribution in [0.4, 0.5) is 0 Å². The molecule has 9 rings (SSSR count). The second-order valence-corrected chi connectivity index (χ2v) is 15.7. The van der Waals surface area contributed by atoms with Gasteiger partial charge in [0.25, 0.3) is 0 Å². The Morgan fingerprint density at radius 3 is 2.08 bits per heavy atom. The summed E-state index contributed by atoms with van der Waals surface area (Å²) in [7, 11) is 0. The summed E-state index contributed by atoms with van der Waals surface area (Å²) in [6, 6.07) is 38.7. The molecule has 0 fully saturated rings. The number of imidazole rings is 1. The molecular formula is C47H40N4O2. The molecule has 0 aliphatic rings. The first-order valence-electron chi connectivity index (χ1n) is 18.4. The van der Waals surface area contributed by atoms with Crippen molar-refractivity contribution in [1.29, 1.82) is 5.26 Å². The fraction of sp³-hybridized carbons (Fsp3) is 0.213. The summed E-state index contributed by atoms with van der Waals surface area (Å²) in [6.45, 7) is 15.2. The maximum Gasteiger partial charge on any atom is 0.200 e. The number of para-hydroxylation sites is 1. The standard InChI is InChI=1S/C47H40N4O2/c1-26(2)34-22-30(28-14-9-8-10-15-28)23-35(27(3)4)41(34)51-42-31-17-12-11-16-29(31)20-21-38(42)49-45(51)33-19-13-18-32-36-24-39-40(50-46(52-39)47(5,6)7)37(25-48)44(36)53-43(32)33/h8-24,26-27H,1-7H3. The zero-order valence-electron chi connectivity index (χ0n) is 31.1. The number of oxazole rings is 1. The third-order valence-corrected chi connectivity index (χ3v) is 10.4. The normalized spacial score (nSPS) is 12.4. The predicted octanol–water partition coefficient (Wildman–Crippen LogP) is 13.0. The van der Waals surface area contributed by atoms with Gasteiger partial charge in [-0.3, -0.25) is 4.57 Å². The third kappa shape index (κ3) is 5.06. The topological polar surface area (TPSA) is 80.8 Å². The van der Waals surface area contributed by atoms with Crippen molar-refractivity contribution in [1.82, 2.24) is 14.5 Å². The number of hydrogen-bond donors (Lipinski definition) is 0. The highest BCUT2D eigenvalue weighted by Gasteiger charge is 2.29. The van der Waals surface area contributed by atoms with Gasteiger partial charge in [-0.05, 0) is 69.8 Å². The number of furan rings is 1. The third-order valence-electron chi connectivity index (χ3n) is 10.4. The van der Waals surface area contributed by atoms with Crippen molar-refractivity contribution in [2.75, 3.05) is 0 Å². The van der Waals surface area contributed by atoms with Gasteiger partial charge in [-0.15, -0.1) is 0 Å². The van der Waals surface area contributed by atoms with Crippen LogP contribution in [0.15, 0.2) is 112 Å². The first-order chi connectivity index (χ1) is 25.5. The molecule has 6 aromatic carbocycles. The van der Waals surface area contributed by atoms with Gasteiger partial charge in [0.2, 0.25) is 5.89 Å². The first-order valence-corrected chi connectivity index (χ1v) is 18.4. The van der Waals surface area contributed by atoms with Crippen LogP contribution in [-0.4, -0.2) is 14.5 Å². The lowest BCUT2D eigenvalue weighted by atomic mass is 9.88. The zero-order chi connectivity index (χ0) is 36.8. The predicted molar refractivity (Wildman–Crippen MR) is 216 cm³/mol. The largest absolute Gasteiger partial charge is 0.454 e. The summed E-state index contributed by atoms with van der Waals surface area (Å²) in [4.78, 5) is 10.2. The average Bonchev–Trinajstić information content (AvgIpc) is 3.87. The highest BCUT2D eigenvalue weighted by molar-refractivity contribution is 6.15. The van der Waals surface area contributed by atoms with Crippen molar-refractivity contribution >= 4 is 54.8 Å². The second-order valence-electron chi connectivity index (χ2n) is 15.7. The van der Waals surface area contributed by atoms with Gasteiger partial charge in [-0.2, -0.15) is 5.26 Å². The number of hydrogen-bond acceptors (Lipinski definition) is 5. The molecule has 0 N–H and O–H groups in total. The van der Waals surface area contributed by atoms with Crippen LogP contribution in [0.3, 0.4) is 0 Å². The molecule has 9 aromatic rings. The van der Waals surface area contributed by atoms with E-state index in [1.54, 1.807) is 0 Å². The Bertz CT molecular complexity index is 2920. The van der Waals surface area contributed by atoms with Crippen LogP contribution in [0, 0.1) is 11.3 Å². The highest BCUT2D eigenvalue weighted by atomic mass is 16.4. The average molecular weight is 693 g/mol. The number of nitriles is 1. The Morgan fingerprint density at radius 2 is 1.38 bits per heavy atom. The van der Waals surface area contributed by atoms with E-state index in [0.29, 0.717) is 33.7 Å². The summed E-state index contributed by atoms with van der Waals surface area (Å²) in [5.74, 6) is 1.80. The van der Waals surface area contributed by atoms with Crippen LogP contribution in [0.1, 0.15) is 82.9 Å². The van der Waals surface area contributed by atoms with E-state index in [-0.39, 0.29) is 17.3 Å². The number of fused-ring (bicyclic) bond motifs is 7. The SMILES string of the molecule is CC(C)c1cc(-c2ccccc2)cc(C(C)C)c1-n1c(-c2cccc3c2oc2c(C#N)c4nc(C(C)(C)C)oc4cc23)nc2ccc3ccccc3c21. The minimum absolute atomic E-state index is 0.215. The number of aromatic nitrogens is 3. The Hall–Kier alpha value is -6.19. The van der Waals surface area contributed by atoms with Crippen molar-refractivity contribution in [2.45, 2.75) is 65.7 Å². The van der Waals surface area contributed by atoms with E-state index >= 15 is 0 Å². The molecule has 0 aliphatic heterocycles. The molecule has 0 spiro atoms. The lowest BCUT2D eigenvalue weighted by Crippen LogP contribution is -2.11. The Labute approximate surface area is 308 Å². The number of nitrogens with zero attached hydrogens (tertiary/aromatic N) is 4. The van der Waals surface area contributed by atoms with E-state index in [1.807, 2.05) is 6.07 Å². The van der Waals surface area contributed by atoms with Crippen LogP contribution >= 0.6 is 0 Å². The highest BCUT2D eigenvalue weighted by Crippen LogP contribution is 2.45. The molecule has 0 atom stereocenters. The summed E-state index contributed by atoms with van der Waals surface area (Å²) >= 11 is 0. The molecule has 53 heavy (non-hydrogen) atoms. The van der Waals surface area contributed by atoms with Crippen LogP contribution in [0.5, 0.6) is 0 Å². The van der Waals surface area contributed by atoms with Gasteiger partial charge in [0.15, 0.2) is 11.2 Å². The summed E-state index contributed by atoms with van der Waals surface area (Å²) in [6.07, 6.45) is 0. The van der Waals surface area contributed by atoms with Crippen molar-refractivity contribution in [3.8, 4) is 34.3 Å². The van der Waals surface area contributed by atoms with Gasteiger partial charge in [-0.25, -0.2) is 9.97 Å². The van der Waals surface area contributed by atoms with E-state index in [4.69, 9.17) is 18.8 Å². The van der Waals surface area contributed by atoms with Gasteiger partial charge in [0.1, 0.15) is 28.6 Å². The van der Waals surface area contributed by atoms with E-state index < -0.39 is 0 Å². The van der Waals surface area contributed by atoms with Gasteiger partial charge in [-0.1, -0.05) is 121 Å². The van der Waals surface area contributed by atoms with Crippen LogP contribution in [0.2, 0.25) is 0 Å². The van der Waals surface area contributed by atoms with Crippen LogP contribution in [-0.2, 0) is 5.41 Å². The lowest BCUT2D eigenvalue weighted by molar-refractivity contribution is 0.411. The molecule has 6 nitrogen and oxygen atoms in total. The van der Waals surface area contributed by atoms with E-state index in [2.05, 4.69) is 156 Å². The van der Waals surface area contributed by atoms with Crippen molar-refractivity contribution in [3.05, 3.63) is 126 Å². The fourth-order valence-electron chi connectivity index (χ4n) is 7.77. The van der Waals surface area contributed by atoms with E-state index in [0.717, 1.165) is 49.7 Å². The number of benzene rings is 6. The first kappa shape index (κ1) is 32.7. The molecule has 0 aliphatic carbocycles. The van der Waals surface area contributed by atoms with E-state index in [1.165, 1.54) is 22.3 Å². The molecule has 0 saturated heterocycles. The quantitative estimate of drug-likeness (QED) is 0.179. The number of rotatable bonds is 5. The summed E-state index contributed by atoms with van der Waals surface area (Å²) in [5, 5.41) is 14.5. The van der Waals surface area contributed by atoms with Crippen LogP contribution in [0.25, 0.3) is 83.0 Å². The Balaban J connectivity index is 1.41. The Morgan fingerprint density at radius 1 is 0.679 bits per heavy atom. The van der Waals surface area contributed by atoms with Gasteiger partial charge >= 0.3 is 0 Å². The molecule has 0 saturated carbocycles. The molecule has 260 valence electrons. The molecule has 3 heterocycles. The molecular weight excluding hydrogens is 653 g/mol. The molecule has 0 unspecified atom stereocenters. The maximum absolute atomic E-state index is 10.5. The monoisotopic (exact) mass is 692 g/mol. The summed E-state index contributed by atoms with van der Waals surface area (Å²) < 4.78 is 15.5. The minimum atomic E-state index is -0.311. The zero-order valence-corrected chi connectivity index (χ0v) is 31.1. The van der Waals surface area contributed by atoms with Crippen molar-refractivity contribution < 1.29 is 8.83 Å². The van der Waals surface area contributed by atoms with Crippen molar-refractivity contribution in [2.24, 2.45) is 0 Å². The van der Waals surface area contributed by atoms with Crippen LogP contribution < -0.4 is 0 Å². The molecule has 0 amide bonds. The Kier molecular flexibility index (Phi) is 7.36. The molecule has 0 radical (unpaired) electrons. The van der Waals surface area contributed by atoms with Gasteiger partial charge in [0, 0.05) is 21.6 Å². The molecule has 3 aromatic heterocycles. The second kappa shape index (κ2) is 11.9. The van der Waals surface area contributed by atoms with Gasteiger partial charge in [0.05, 0.1) is 22.3 Å². The van der Waals surface area contributed by atoms with Crippen molar-refractivity contribution in [3.63, 3.8) is 0 Å². The smallest absolute Gasteiger partial charge is 0.200 e. The molecule has 0 bridgehead atoms. The fourth-order valence-corrected chi connectivity index (χ4v) is 7.77. The lowest BCUT2D eigenvalue weighted by Gasteiger charge is -2.24. The van der Waals surface area contributed by atoms with E-state index in [9.17, 15) is 5.26 Å². The molecule has 6 heteroatoms.